The highest BCUT2D eigenvalue weighted by Gasteiger charge is 2.25. The number of halogens is 1. The normalized spacial score (nSPS) is 18.3. The Balaban J connectivity index is 1.29. The van der Waals surface area contributed by atoms with Crippen molar-refractivity contribution in [2.75, 3.05) is 45.8 Å². The van der Waals surface area contributed by atoms with Crippen molar-refractivity contribution in [1.82, 2.24) is 24.5 Å². The van der Waals surface area contributed by atoms with Crippen LogP contribution in [0.4, 0.5) is 0 Å². The van der Waals surface area contributed by atoms with Crippen LogP contribution in [0.15, 0.2) is 41.1 Å². The number of carbonyl (C=O) groups excluding carboxylic acids is 2. The van der Waals surface area contributed by atoms with Crippen molar-refractivity contribution in [2.45, 2.75) is 25.7 Å². The molecule has 0 radical (unpaired) electrons. The van der Waals surface area contributed by atoms with Crippen LogP contribution in [0.5, 0.6) is 0 Å². The molecule has 2 aromatic rings. The van der Waals surface area contributed by atoms with E-state index in [2.05, 4.69) is 25.9 Å². The molecule has 0 aliphatic carbocycles. The van der Waals surface area contributed by atoms with Crippen LogP contribution in [-0.2, 0) is 4.79 Å². The minimum atomic E-state index is -0.00291. The molecule has 0 N–H and O–H groups in total. The van der Waals surface area contributed by atoms with Gasteiger partial charge < -0.3 is 9.80 Å². The summed E-state index contributed by atoms with van der Waals surface area (Å²) >= 11 is 3.43. The first-order valence-corrected chi connectivity index (χ1v) is 11.5. The lowest BCUT2D eigenvalue weighted by atomic mass is 10.2. The zero-order chi connectivity index (χ0) is 20.9. The first-order chi connectivity index (χ1) is 14.6. The Morgan fingerprint density at radius 1 is 0.867 bits per heavy atom. The van der Waals surface area contributed by atoms with Gasteiger partial charge >= 0.3 is 0 Å². The van der Waals surface area contributed by atoms with Gasteiger partial charge in [0.25, 0.3) is 5.91 Å². The molecular weight excluding hydrogens is 446 g/mol. The monoisotopic (exact) mass is 473 g/mol. The summed E-state index contributed by atoms with van der Waals surface area (Å²) in [6.07, 6.45) is 8.08. The number of aromatic nitrogens is 2. The lowest BCUT2D eigenvalue weighted by Gasteiger charge is -2.35. The van der Waals surface area contributed by atoms with Crippen LogP contribution >= 0.6 is 15.9 Å². The lowest BCUT2D eigenvalue weighted by Crippen LogP contribution is -2.51. The molecule has 160 valence electrons. The molecule has 7 nitrogen and oxygen atoms in total. The molecule has 8 heteroatoms. The van der Waals surface area contributed by atoms with E-state index in [0.717, 1.165) is 49.2 Å². The highest BCUT2D eigenvalue weighted by Crippen LogP contribution is 2.16. The Bertz CT molecular complexity index is 866. The summed E-state index contributed by atoms with van der Waals surface area (Å²) in [5.41, 5.74) is 1.50. The Morgan fingerprint density at radius 2 is 1.53 bits per heavy atom. The van der Waals surface area contributed by atoms with Crippen molar-refractivity contribution in [2.24, 2.45) is 0 Å². The highest BCUT2D eigenvalue weighted by atomic mass is 79.9. The number of nitrogens with zero attached hydrogens (tertiary/aromatic N) is 5. The third kappa shape index (κ3) is 5.10. The van der Waals surface area contributed by atoms with E-state index in [1.807, 2.05) is 34.1 Å². The van der Waals surface area contributed by atoms with Crippen molar-refractivity contribution in [3.05, 3.63) is 46.7 Å². The van der Waals surface area contributed by atoms with Gasteiger partial charge in [0, 0.05) is 49.9 Å². The van der Waals surface area contributed by atoms with Gasteiger partial charge in [-0.25, -0.2) is 4.68 Å². The van der Waals surface area contributed by atoms with Gasteiger partial charge in [-0.15, -0.1) is 0 Å². The fourth-order valence-electron chi connectivity index (χ4n) is 4.07. The molecule has 2 amide bonds. The number of benzene rings is 1. The molecule has 2 saturated heterocycles. The van der Waals surface area contributed by atoms with Crippen molar-refractivity contribution in [3.8, 4) is 5.69 Å². The van der Waals surface area contributed by atoms with Crippen LogP contribution in [0.3, 0.4) is 0 Å². The van der Waals surface area contributed by atoms with Crippen molar-refractivity contribution in [1.29, 1.82) is 0 Å². The molecule has 3 heterocycles. The van der Waals surface area contributed by atoms with Gasteiger partial charge in [-0.05, 0) is 37.1 Å². The molecule has 1 aromatic heterocycles. The number of hydrogen-bond donors (Lipinski definition) is 0. The minimum Gasteiger partial charge on any atom is -0.342 e. The fourth-order valence-corrected chi connectivity index (χ4v) is 4.34. The van der Waals surface area contributed by atoms with Crippen molar-refractivity contribution < 1.29 is 9.59 Å². The summed E-state index contributed by atoms with van der Waals surface area (Å²) in [7, 11) is 0. The van der Waals surface area contributed by atoms with Crippen LogP contribution in [0.1, 0.15) is 36.0 Å². The molecule has 1 aromatic carbocycles. The second-order valence-electron chi connectivity index (χ2n) is 8.01. The molecule has 2 aliphatic heterocycles. The molecular formula is C22H28BrN5O2. The predicted octanol–water partition coefficient (Wildman–Crippen LogP) is 2.80. The molecule has 0 bridgehead atoms. The molecule has 30 heavy (non-hydrogen) atoms. The van der Waals surface area contributed by atoms with E-state index in [1.165, 1.54) is 12.8 Å². The van der Waals surface area contributed by atoms with Crippen LogP contribution in [-0.4, -0.2) is 82.1 Å². The van der Waals surface area contributed by atoms with Gasteiger partial charge in [0.05, 0.1) is 24.0 Å². The van der Waals surface area contributed by atoms with Gasteiger partial charge in [0.1, 0.15) is 0 Å². The van der Waals surface area contributed by atoms with Gasteiger partial charge in [0.2, 0.25) is 5.91 Å². The van der Waals surface area contributed by atoms with E-state index in [1.54, 1.807) is 17.1 Å². The average molecular weight is 474 g/mol. The van der Waals surface area contributed by atoms with Crippen molar-refractivity contribution in [3.63, 3.8) is 0 Å². The van der Waals surface area contributed by atoms with Gasteiger partial charge in [0.15, 0.2) is 0 Å². The smallest absolute Gasteiger partial charge is 0.257 e. The Morgan fingerprint density at radius 3 is 2.20 bits per heavy atom. The Labute approximate surface area is 185 Å². The molecule has 0 spiro atoms. The maximum atomic E-state index is 12.9. The second-order valence-corrected chi connectivity index (χ2v) is 8.93. The largest absolute Gasteiger partial charge is 0.342 e. The van der Waals surface area contributed by atoms with E-state index in [9.17, 15) is 9.59 Å². The maximum absolute atomic E-state index is 12.9. The van der Waals surface area contributed by atoms with Gasteiger partial charge in [-0.1, -0.05) is 28.8 Å². The third-order valence-electron chi connectivity index (χ3n) is 5.90. The van der Waals surface area contributed by atoms with Crippen molar-refractivity contribution >= 4 is 27.7 Å². The van der Waals surface area contributed by atoms with E-state index in [0.29, 0.717) is 25.2 Å². The first kappa shape index (κ1) is 21.1. The van der Waals surface area contributed by atoms with Crippen LogP contribution in [0, 0.1) is 0 Å². The summed E-state index contributed by atoms with van der Waals surface area (Å²) < 4.78 is 2.72. The Hall–Kier alpha value is -2.19. The first-order valence-electron chi connectivity index (χ1n) is 10.7. The number of rotatable bonds is 4. The number of piperazine rings is 1. The molecule has 0 saturated carbocycles. The maximum Gasteiger partial charge on any atom is 0.257 e. The van der Waals surface area contributed by atoms with Crippen LogP contribution in [0.2, 0.25) is 0 Å². The molecule has 0 unspecified atom stereocenters. The molecule has 2 aliphatic rings. The zero-order valence-corrected chi connectivity index (χ0v) is 18.8. The van der Waals surface area contributed by atoms with E-state index < -0.39 is 0 Å². The Kier molecular flexibility index (Phi) is 6.84. The minimum absolute atomic E-state index is 0.00291. The summed E-state index contributed by atoms with van der Waals surface area (Å²) in [5, 5.41) is 4.34. The topological polar surface area (TPSA) is 61.7 Å². The number of amides is 2. The fraction of sp³-hybridized carbons (Fsp3) is 0.500. The summed E-state index contributed by atoms with van der Waals surface area (Å²) in [6, 6.07) is 7.80. The van der Waals surface area contributed by atoms with E-state index >= 15 is 0 Å². The summed E-state index contributed by atoms with van der Waals surface area (Å²) in [4.78, 5) is 31.5. The number of hydrogen-bond acceptors (Lipinski definition) is 4. The predicted molar refractivity (Wildman–Crippen MR) is 119 cm³/mol. The molecule has 0 atom stereocenters. The number of carbonyl (C=O) groups is 2. The van der Waals surface area contributed by atoms with Crippen LogP contribution < -0.4 is 0 Å². The summed E-state index contributed by atoms with van der Waals surface area (Å²) in [6.45, 7) is 4.96. The van der Waals surface area contributed by atoms with Gasteiger partial charge in [-0.2, -0.15) is 5.10 Å². The standard InChI is InChI=1S/C22H28BrN5O2/c23-19-5-7-20(8-6-19)28-16-18(15-24-28)22(30)27-13-11-25(12-14-27)17-21(29)26-9-3-1-2-4-10-26/h5-8,15-16H,1-4,9-14,17H2. The average Bonchev–Trinajstić information content (AvgIpc) is 3.09. The quantitative estimate of drug-likeness (QED) is 0.684. The number of likely N-dealkylation sites (tertiary alicyclic amines) is 1. The molecule has 4 rings (SSSR count). The van der Waals surface area contributed by atoms with Crippen LogP contribution in [0.25, 0.3) is 5.69 Å². The lowest BCUT2D eigenvalue weighted by molar-refractivity contribution is -0.132. The summed E-state index contributed by atoms with van der Waals surface area (Å²) in [5.74, 6) is 0.226. The highest BCUT2D eigenvalue weighted by molar-refractivity contribution is 9.10. The third-order valence-corrected chi connectivity index (χ3v) is 6.43. The zero-order valence-electron chi connectivity index (χ0n) is 17.2. The van der Waals surface area contributed by atoms with E-state index in [-0.39, 0.29) is 11.8 Å². The van der Waals surface area contributed by atoms with E-state index in [4.69, 9.17) is 0 Å². The SMILES string of the molecule is O=C(CN1CCN(C(=O)c2cnn(-c3ccc(Br)cc3)c2)CC1)N1CCCCCC1. The van der Waals surface area contributed by atoms with Gasteiger partial charge in [-0.3, -0.25) is 14.5 Å². The second kappa shape index (κ2) is 9.75. The molecule has 2 fully saturated rings.